The van der Waals surface area contributed by atoms with Crippen LogP contribution >= 0.6 is 0 Å². The maximum atomic E-state index is 8.74. The molecule has 0 fully saturated rings. The predicted octanol–water partition coefficient (Wildman–Crippen LogP) is 0.368. The molecule has 1 rings (SSSR count). The van der Waals surface area contributed by atoms with E-state index in [1.165, 1.54) is 0 Å². The molecule has 0 amide bonds. The molecule has 0 aliphatic carbocycles. The highest BCUT2D eigenvalue weighted by atomic mass is 32.3. The van der Waals surface area contributed by atoms with Gasteiger partial charge in [-0.05, 0) is 17.7 Å². The van der Waals surface area contributed by atoms with Gasteiger partial charge in [0.05, 0.1) is 7.11 Å². The molecule has 0 radical (unpaired) electrons. The van der Waals surface area contributed by atoms with Crippen molar-refractivity contribution in [1.82, 2.24) is 4.90 Å². The Bertz CT molecular complexity index is 492. The van der Waals surface area contributed by atoms with Crippen molar-refractivity contribution in [3.05, 3.63) is 29.8 Å². The van der Waals surface area contributed by atoms with Crippen LogP contribution in [0.5, 0.6) is 5.75 Å². The molecular weight excluding hydrogens is 274 g/mol. The highest BCUT2D eigenvalue weighted by Crippen LogP contribution is 2.12. The van der Waals surface area contributed by atoms with Gasteiger partial charge in [-0.2, -0.15) is 8.42 Å². The summed E-state index contributed by atoms with van der Waals surface area (Å²) in [6, 6.07) is 7.70. The Kier molecular flexibility index (Phi) is 6.83. The highest BCUT2D eigenvalue weighted by Gasteiger charge is 2.00. The number of hydrogen-bond donors (Lipinski definition) is 4. The lowest BCUT2D eigenvalue weighted by Crippen LogP contribution is -2.32. The number of nitrogens with zero attached hydrogens (tertiary/aromatic N) is 1. The van der Waals surface area contributed by atoms with Gasteiger partial charge < -0.3 is 15.4 Å². The first-order valence-corrected chi connectivity index (χ1v) is 6.41. The van der Waals surface area contributed by atoms with E-state index >= 15 is 0 Å². The Morgan fingerprint density at radius 3 is 2.11 bits per heavy atom. The second-order valence-electron chi connectivity index (χ2n) is 3.54. The normalized spacial score (nSPS) is 10.1. The van der Waals surface area contributed by atoms with Crippen molar-refractivity contribution in [2.45, 2.75) is 6.54 Å². The monoisotopic (exact) mass is 291 g/mol. The lowest BCUT2D eigenvalue weighted by molar-refractivity contribution is 0.381. The number of rotatable bonds is 3. The number of methoxy groups -OCH3 is 1. The molecule has 1 aromatic rings. The largest absolute Gasteiger partial charge is 0.497 e. The van der Waals surface area contributed by atoms with Crippen molar-refractivity contribution in [2.75, 3.05) is 14.2 Å². The molecule has 0 spiro atoms. The molecule has 0 bridgehead atoms. The van der Waals surface area contributed by atoms with Crippen LogP contribution < -0.4 is 10.5 Å². The average molecular weight is 291 g/mol. The number of nitrogens with two attached hydrogens (primary N) is 1. The molecule has 0 atom stereocenters. The van der Waals surface area contributed by atoms with E-state index in [-0.39, 0.29) is 5.96 Å². The van der Waals surface area contributed by atoms with E-state index < -0.39 is 10.4 Å². The fourth-order valence-electron chi connectivity index (χ4n) is 1.09. The van der Waals surface area contributed by atoms with Gasteiger partial charge in [0, 0.05) is 13.6 Å². The molecule has 5 N–H and O–H groups in total. The summed E-state index contributed by atoms with van der Waals surface area (Å²) in [6.45, 7) is 0.638. The van der Waals surface area contributed by atoms with E-state index in [0.29, 0.717) is 6.54 Å². The molecule has 0 heterocycles. The van der Waals surface area contributed by atoms with Gasteiger partial charge >= 0.3 is 10.4 Å². The van der Waals surface area contributed by atoms with Gasteiger partial charge in [0.25, 0.3) is 0 Å². The van der Waals surface area contributed by atoms with Gasteiger partial charge in [0.1, 0.15) is 5.75 Å². The van der Waals surface area contributed by atoms with Crippen LogP contribution in [0.15, 0.2) is 24.3 Å². The third kappa shape index (κ3) is 9.83. The SMILES string of the molecule is COc1ccc(CN(C)C(=N)N)cc1.O=S(=O)(O)O. The molecule has 0 aromatic heterocycles. The van der Waals surface area contributed by atoms with Crippen LogP contribution in [-0.4, -0.2) is 42.5 Å². The lowest BCUT2D eigenvalue weighted by atomic mass is 10.2. The van der Waals surface area contributed by atoms with E-state index in [4.69, 9.17) is 33.4 Å². The van der Waals surface area contributed by atoms with Gasteiger partial charge in [-0.25, -0.2) is 0 Å². The Balaban J connectivity index is 0.000000555. The van der Waals surface area contributed by atoms with Crippen LogP contribution in [-0.2, 0) is 16.9 Å². The van der Waals surface area contributed by atoms with Crippen LogP contribution in [0.3, 0.4) is 0 Å². The van der Waals surface area contributed by atoms with Crippen molar-refractivity contribution in [3.8, 4) is 5.75 Å². The first kappa shape index (κ1) is 17.2. The summed E-state index contributed by atoms with van der Waals surface area (Å²) in [6.07, 6.45) is 0. The third-order valence-electron chi connectivity index (χ3n) is 1.99. The van der Waals surface area contributed by atoms with E-state index in [9.17, 15) is 0 Å². The van der Waals surface area contributed by atoms with Crippen LogP contribution in [0.2, 0.25) is 0 Å². The highest BCUT2D eigenvalue weighted by molar-refractivity contribution is 7.79. The van der Waals surface area contributed by atoms with E-state index in [2.05, 4.69) is 0 Å². The van der Waals surface area contributed by atoms with Gasteiger partial charge in [0.15, 0.2) is 5.96 Å². The van der Waals surface area contributed by atoms with Crippen molar-refractivity contribution in [3.63, 3.8) is 0 Å². The first-order valence-electron chi connectivity index (χ1n) is 5.01. The van der Waals surface area contributed by atoms with Crippen molar-refractivity contribution in [1.29, 1.82) is 5.41 Å². The molecule has 8 nitrogen and oxygen atoms in total. The minimum atomic E-state index is -4.67. The summed E-state index contributed by atoms with van der Waals surface area (Å²) in [4.78, 5) is 1.67. The van der Waals surface area contributed by atoms with Gasteiger partial charge in [-0.15, -0.1) is 0 Å². The molecule has 0 saturated heterocycles. The Morgan fingerprint density at radius 1 is 1.37 bits per heavy atom. The molecule has 19 heavy (non-hydrogen) atoms. The summed E-state index contributed by atoms with van der Waals surface area (Å²) in [5.74, 6) is 0.903. The molecule has 9 heteroatoms. The second kappa shape index (κ2) is 7.56. The number of guanidine groups is 1. The number of ether oxygens (including phenoxy) is 1. The molecule has 0 aliphatic rings. The fourth-order valence-corrected chi connectivity index (χ4v) is 1.09. The van der Waals surface area contributed by atoms with Gasteiger partial charge in [0.2, 0.25) is 0 Å². The van der Waals surface area contributed by atoms with E-state index in [0.717, 1.165) is 11.3 Å². The Morgan fingerprint density at radius 2 is 1.79 bits per heavy atom. The number of nitrogens with one attached hydrogen (secondary N) is 1. The molecule has 0 aliphatic heterocycles. The maximum absolute atomic E-state index is 8.74. The van der Waals surface area contributed by atoms with Crippen LogP contribution in [0.25, 0.3) is 0 Å². The number of hydrogen-bond acceptors (Lipinski definition) is 4. The Labute approximate surface area is 111 Å². The van der Waals surface area contributed by atoms with Crippen LogP contribution in [0.1, 0.15) is 5.56 Å². The molecule has 1 aromatic carbocycles. The quantitative estimate of drug-likeness (QED) is 0.358. The minimum Gasteiger partial charge on any atom is -0.497 e. The molecule has 0 unspecified atom stereocenters. The maximum Gasteiger partial charge on any atom is 0.394 e. The van der Waals surface area contributed by atoms with Crippen LogP contribution in [0, 0.1) is 5.41 Å². The zero-order valence-electron chi connectivity index (χ0n) is 10.6. The zero-order valence-corrected chi connectivity index (χ0v) is 11.4. The summed E-state index contributed by atoms with van der Waals surface area (Å²) >= 11 is 0. The fraction of sp³-hybridized carbons (Fsp3) is 0.300. The zero-order chi connectivity index (χ0) is 15.1. The molecule has 108 valence electrons. The van der Waals surface area contributed by atoms with Crippen LogP contribution in [0.4, 0.5) is 0 Å². The lowest BCUT2D eigenvalue weighted by Gasteiger charge is -2.16. The predicted molar refractivity (Wildman–Crippen MR) is 70.6 cm³/mol. The molecular formula is C10H17N3O5S. The van der Waals surface area contributed by atoms with E-state index in [1.807, 2.05) is 24.3 Å². The van der Waals surface area contributed by atoms with Crippen molar-refractivity contribution >= 4 is 16.4 Å². The summed E-state index contributed by atoms with van der Waals surface area (Å²) < 4.78 is 36.6. The molecule has 0 saturated carbocycles. The minimum absolute atomic E-state index is 0.0702. The smallest absolute Gasteiger partial charge is 0.394 e. The van der Waals surface area contributed by atoms with Crippen molar-refractivity contribution < 1.29 is 22.3 Å². The number of benzene rings is 1. The second-order valence-corrected chi connectivity index (χ2v) is 4.43. The first-order chi connectivity index (χ1) is 8.63. The third-order valence-corrected chi connectivity index (χ3v) is 1.99. The standard InChI is InChI=1S/C10H15N3O.H2O4S/c1-13(10(11)12)7-8-3-5-9(14-2)6-4-8;1-5(2,3)4/h3-6H,7H2,1-2H3,(H3,11,12);(H2,1,2,3,4). The topological polar surface area (TPSA) is 137 Å². The van der Waals surface area contributed by atoms with Gasteiger partial charge in [-0.3, -0.25) is 14.5 Å². The van der Waals surface area contributed by atoms with Crippen molar-refractivity contribution in [2.24, 2.45) is 5.73 Å². The summed E-state index contributed by atoms with van der Waals surface area (Å²) in [5.41, 5.74) is 6.42. The summed E-state index contributed by atoms with van der Waals surface area (Å²) in [7, 11) is -1.25. The summed E-state index contributed by atoms with van der Waals surface area (Å²) in [5, 5.41) is 7.21. The van der Waals surface area contributed by atoms with Gasteiger partial charge in [-0.1, -0.05) is 12.1 Å². The average Bonchev–Trinajstić information content (AvgIpc) is 2.27. The Hall–Kier alpha value is -1.84. The van der Waals surface area contributed by atoms with E-state index in [1.54, 1.807) is 19.1 Å².